The molecule has 160 valence electrons. The number of para-hydroxylation sites is 1. The minimum absolute atomic E-state index is 0.0772. The molecule has 3 aromatic carbocycles. The second-order valence-electron chi connectivity index (χ2n) is 9.22. The lowest BCUT2D eigenvalue weighted by Crippen LogP contribution is -2.52. The number of aromatic hydroxyl groups is 1. The van der Waals surface area contributed by atoms with Crippen molar-refractivity contribution in [3.05, 3.63) is 95.6 Å². The molecule has 0 bridgehead atoms. The number of rotatable bonds is 4. The standard InChI is InChI=1S/C28H30O3/c1-19-23(21-12-7-4-8-13-21)18-24-26(30-19)22-14-9-15-25(29)27(22)31-28(24,2)17-16-20-10-5-3-6-11-20/h3-15,19,23-24,26,29H,16-18H2,1-2H3/t19-,23-,24-,26+,28-/m0/s1. The molecule has 1 N–H and O–H groups in total. The Morgan fingerprint density at radius 3 is 2.39 bits per heavy atom. The lowest BCUT2D eigenvalue weighted by atomic mass is 9.68. The molecule has 3 aromatic rings. The van der Waals surface area contributed by atoms with Crippen LogP contribution in [-0.2, 0) is 11.2 Å². The van der Waals surface area contributed by atoms with E-state index in [4.69, 9.17) is 9.47 Å². The van der Waals surface area contributed by atoms with Gasteiger partial charge < -0.3 is 14.6 Å². The van der Waals surface area contributed by atoms with Gasteiger partial charge in [-0.1, -0.05) is 72.8 Å². The van der Waals surface area contributed by atoms with Crippen LogP contribution in [0.25, 0.3) is 0 Å². The summed E-state index contributed by atoms with van der Waals surface area (Å²) < 4.78 is 13.3. The first kappa shape index (κ1) is 20.1. The molecule has 0 unspecified atom stereocenters. The minimum Gasteiger partial charge on any atom is -0.504 e. The van der Waals surface area contributed by atoms with E-state index in [9.17, 15) is 5.11 Å². The number of phenolic OH excluding ortho intramolecular Hbond substituents is 1. The third-order valence-electron chi connectivity index (χ3n) is 7.23. The molecule has 0 spiro atoms. The van der Waals surface area contributed by atoms with Crippen molar-refractivity contribution < 1.29 is 14.6 Å². The lowest BCUT2D eigenvalue weighted by Gasteiger charge is -2.52. The van der Waals surface area contributed by atoms with E-state index in [1.54, 1.807) is 6.07 Å². The molecule has 5 rings (SSSR count). The molecule has 2 aliphatic rings. The Bertz CT molecular complexity index is 1030. The Labute approximate surface area is 184 Å². The molecule has 2 aliphatic heterocycles. The van der Waals surface area contributed by atoms with Crippen molar-refractivity contribution in [2.24, 2.45) is 5.92 Å². The van der Waals surface area contributed by atoms with Crippen LogP contribution in [0, 0.1) is 5.92 Å². The molecular formula is C28H30O3. The molecule has 1 saturated heterocycles. The Morgan fingerprint density at radius 2 is 1.65 bits per heavy atom. The second-order valence-corrected chi connectivity index (χ2v) is 9.22. The molecule has 0 aromatic heterocycles. The highest BCUT2D eigenvalue weighted by Crippen LogP contribution is 2.56. The fourth-order valence-corrected chi connectivity index (χ4v) is 5.44. The summed E-state index contributed by atoms with van der Waals surface area (Å²) in [6.45, 7) is 4.37. The number of ether oxygens (including phenoxy) is 2. The van der Waals surface area contributed by atoms with Gasteiger partial charge in [0, 0.05) is 17.4 Å². The minimum atomic E-state index is -0.431. The molecule has 0 saturated carbocycles. The number of hydrogen-bond donors (Lipinski definition) is 1. The maximum atomic E-state index is 10.6. The van der Waals surface area contributed by atoms with Crippen LogP contribution in [0.5, 0.6) is 11.5 Å². The summed E-state index contributed by atoms with van der Waals surface area (Å²) in [7, 11) is 0. The molecule has 1 fully saturated rings. The SMILES string of the molecule is C[C@@H]1O[C@@H]2c3cccc(O)c3O[C@@](C)(CCc3ccccc3)[C@H]2C[C@@H]1c1ccccc1. The Morgan fingerprint density at radius 1 is 0.935 bits per heavy atom. The highest BCUT2D eigenvalue weighted by atomic mass is 16.5. The highest BCUT2D eigenvalue weighted by molar-refractivity contribution is 5.49. The highest BCUT2D eigenvalue weighted by Gasteiger charge is 2.52. The number of aryl methyl sites for hydroxylation is 1. The van der Waals surface area contributed by atoms with Crippen LogP contribution >= 0.6 is 0 Å². The van der Waals surface area contributed by atoms with E-state index in [1.165, 1.54) is 11.1 Å². The summed E-state index contributed by atoms with van der Waals surface area (Å²) in [6.07, 6.45) is 2.80. The van der Waals surface area contributed by atoms with E-state index in [0.717, 1.165) is 24.8 Å². The average Bonchev–Trinajstić information content (AvgIpc) is 2.80. The molecule has 31 heavy (non-hydrogen) atoms. The third kappa shape index (κ3) is 3.72. The van der Waals surface area contributed by atoms with Gasteiger partial charge in [0.05, 0.1) is 12.2 Å². The largest absolute Gasteiger partial charge is 0.504 e. The number of phenols is 1. The van der Waals surface area contributed by atoms with Crippen molar-refractivity contribution >= 4 is 0 Å². The smallest absolute Gasteiger partial charge is 0.167 e. The van der Waals surface area contributed by atoms with E-state index < -0.39 is 5.60 Å². The van der Waals surface area contributed by atoms with Crippen LogP contribution in [0.1, 0.15) is 55.4 Å². The third-order valence-corrected chi connectivity index (χ3v) is 7.23. The zero-order chi connectivity index (χ0) is 21.4. The normalized spacial score (nSPS) is 29.5. The molecule has 2 heterocycles. The number of hydrogen-bond acceptors (Lipinski definition) is 3. The van der Waals surface area contributed by atoms with Crippen molar-refractivity contribution in [1.29, 1.82) is 0 Å². The first-order valence-electron chi connectivity index (χ1n) is 11.3. The van der Waals surface area contributed by atoms with E-state index in [1.807, 2.05) is 18.2 Å². The summed E-state index contributed by atoms with van der Waals surface area (Å²) in [5.74, 6) is 1.31. The maximum absolute atomic E-state index is 10.6. The monoisotopic (exact) mass is 414 g/mol. The van der Waals surface area contributed by atoms with Gasteiger partial charge in [-0.3, -0.25) is 0 Å². The van der Waals surface area contributed by atoms with Gasteiger partial charge >= 0.3 is 0 Å². The van der Waals surface area contributed by atoms with Crippen molar-refractivity contribution in [2.45, 2.75) is 56.8 Å². The van der Waals surface area contributed by atoms with Gasteiger partial charge in [0.25, 0.3) is 0 Å². The first-order chi connectivity index (χ1) is 15.0. The summed E-state index contributed by atoms with van der Waals surface area (Å²) in [5.41, 5.74) is 3.16. The maximum Gasteiger partial charge on any atom is 0.167 e. The molecule has 0 radical (unpaired) electrons. The zero-order valence-electron chi connectivity index (χ0n) is 18.2. The van der Waals surface area contributed by atoms with Crippen LogP contribution in [-0.4, -0.2) is 16.8 Å². The fourth-order valence-electron chi connectivity index (χ4n) is 5.44. The van der Waals surface area contributed by atoms with Crippen LogP contribution < -0.4 is 4.74 Å². The summed E-state index contributed by atoms with van der Waals surface area (Å²) in [6, 6.07) is 26.9. The molecule has 3 heteroatoms. The van der Waals surface area contributed by atoms with E-state index in [-0.39, 0.29) is 23.9 Å². The molecular weight excluding hydrogens is 384 g/mol. The van der Waals surface area contributed by atoms with E-state index >= 15 is 0 Å². The van der Waals surface area contributed by atoms with Gasteiger partial charge in [-0.25, -0.2) is 0 Å². The van der Waals surface area contributed by atoms with Gasteiger partial charge in [-0.15, -0.1) is 0 Å². The van der Waals surface area contributed by atoms with Crippen molar-refractivity contribution in [3.8, 4) is 11.5 Å². The number of fused-ring (bicyclic) bond motifs is 3. The van der Waals surface area contributed by atoms with Crippen molar-refractivity contribution in [1.82, 2.24) is 0 Å². The second kappa shape index (κ2) is 8.05. The molecule has 5 atom stereocenters. The Kier molecular flexibility index (Phi) is 5.23. The number of benzene rings is 3. The van der Waals surface area contributed by atoms with Crippen LogP contribution in [0.3, 0.4) is 0 Å². The van der Waals surface area contributed by atoms with E-state index in [2.05, 4.69) is 68.4 Å². The predicted molar refractivity (Wildman–Crippen MR) is 122 cm³/mol. The van der Waals surface area contributed by atoms with Crippen molar-refractivity contribution in [2.75, 3.05) is 0 Å². The zero-order valence-corrected chi connectivity index (χ0v) is 18.2. The molecule has 0 aliphatic carbocycles. The summed E-state index contributed by atoms with van der Waals surface area (Å²) in [4.78, 5) is 0. The Hall–Kier alpha value is -2.78. The van der Waals surface area contributed by atoms with Crippen LogP contribution in [0.15, 0.2) is 78.9 Å². The van der Waals surface area contributed by atoms with Gasteiger partial charge in [0.15, 0.2) is 11.5 Å². The predicted octanol–water partition coefficient (Wildman–Crippen LogP) is 6.43. The van der Waals surface area contributed by atoms with Gasteiger partial charge in [0.1, 0.15) is 5.60 Å². The van der Waals surface area contributed by atoms with Gasteiger partial charge in [0.2, 0.25) is 0 Å². The topological polar surface area (TPSA) is 38.7 Å². The average molecular weight is 415 g/mol. The fraction of sp³-hybridized carbons (Fsp3) is 0.357. The van der Waals surface area contributed by atoms with Gasteiger partial charge in [-0.2, -0.15) is 0 Å². The van der Waals surface area contributed by atoms with Crippen molar-refractivity contribution in [3.63, 3.8) is 0 Å². The van der Waals surface area contributed by atoms with Crippen LogP contribution in [0.2, 0.25) is 0 Å². The molecule has 3 nitrogen and oxygen atoms in total. The Balaban J connectivity index is 1.51. The summed E-state index contributed by atoms with van der Waals surface area (Å²) in [5, 5.41) is 10.6. The van der Waals surface area contributed by atoms with E-state index in [0.29, 0.717) is 11.7 Å². The first-order valence-corrected chi connectivity index (χ1v) is 11.3. The quantitative estimate of drug-likeness (QED) is 0.535. The summed E-state index contributed by atoms with van der Waals surface area (Å²) >= 11 is 0. The lowest BCUT2D eigenvalue weighted by molar-refractivity contribution is -0.161. The van der Waals surface area contributed by atoms with Crippen LogP contribution in [0.4, 0.5) is 0 Å². The molecule has 0 amide bonds. The van der Waals surface area contributed by atoms with Gasteiger partial charge in [-0.05, 0) is 50.3 Å².